The first-order valence-corrected chi connectivity index (χ1v) is 10.6. The van der Waals surface area contributed by atoms with Crippen molar-refractivity contribution < 1.29 is 19.1 Å². The van der Waals surface area contributed by atoms with Crippen molar-refractivity contribution in [1.82, 2.24) is 5.32 Å². The number of phenolic OH excluding ortho intramolecular Hbond substituents is 1. The van der Waals surface area contributed by atoms with Crippen molar-refractivity contribution in [3.05, 3.63) is 64.0 Å². The van der Waals surface area contributed by atoms with Crippen LogP contribution in [0.5, 0.6) is 11.5 Å². The van der Waals surface area contributed by atoms with Gasteiger partial charge < -0.3 is 24.5 Å². The van der Waals surface area contributed by atoms with E-state index in [0.29, 0.717) is 37.4 Å². The zero-order valence-corrected chi connectivity index (χ0v) is 17.7. The SMILES string of the molecule is CCCNC(=O)[C@H]1CN(Cc2cc(=O)oc3cc(O)c(CC)cc23)c2ccccc2O1. The lowest BCUT2D eigenvalue weighted by molar-refractivity contribution is -0.127. The molecule has 1 aliphatic heterocycles. The number of nitrogens with zero attached hydrogens (tertiary/aromatic N) is 1. The molecule has 1 amide bonds. The summed E-state index contributed by atoms with van der Waals surface area (Å²) < 4.78 is 11.3. The van der Waals surface area contributed by atoms with E-state index < -0.39 is 11.7 Å². The first kappa shape index (κ1) is 20.8. The maximum Gasteiger partial charge on any atom is 0.336 e. The van der Waals surface area contributed by atoms with Crippen molar-refractivity contribution in [2.75, 3.05) is 18.0 Å². The topological polar surface area (TPSA) is 92.0 Å². The molecule has 3 aromatic rings. The number of phenols is 1. The highest BCUT2D eigenvalue weighted by Crippen LogP contribution is 2.35. The molecular weight excluding hydrogens is 396 g/mol. The summed E-state index contributed by atoms with van der Waals surface area (Å²) in [5.74, 6) is 0.584. The third-order valence-corrected chi connectivity index (χ3v) is 5.47. The number of fused-ring (bicyclic) bond motifs is 2. The lowest BCUT2D eigenvalue weighted by Crippen LogP contribution is -2.49. The van der Waals surface area contributed by atoms with Crippen LogP contribution in [0.25, 0.3) is 11.0 Å². The number of benzene rings is 2. The number of ether oxygens (including phenoxy) is 1. The summed E-state index contributed by atoms with van der Waals surface area (Å²) in [6, 6.07) is 12.4. The van der Waals surface area contributed by atoms with Crippen LogP contribution in [0.15, 0.2) is 51.7 Å². The maximum absolute atomic E-state index is 12.6. The third kappa shape index (κ3) is 4.21. The number of carbonyl (C=O) groups excluding carboxylic acids is 1. The summed E-state index contributed by atoms with van der Waals surface area (Å²) in [7, 11) is 0. The quantitative estimate of drug-likeness (QED) is 0.592. The van der Waals surface area contributed by atoms with Gasteiger partial charge in [0, 0.05) is 30.6 Å². The molecule has 2 heterocycles. The fraction of sp³-hybridized carbons (Fsp3) is 0.333. The number of rotatable bonds is 6. The van der Waals surface area contributed by atoms with Crippen LogP contribution in [0.2, 0.25) is 0 Å². The van der Waals surface area contributed by atoms with Gasteiger partial charge >= 0.3 is 5.63 Å². The number of hydrogen-bond acceptors (Lipinski definition) is 6. The van der Waals surface area contributed by atoms with Crippen molar-refractivity contribution in [2.45, 2.75) is 39.3 Å². The van der Waals surface area contributed by atoms with Gasteiger partial charge in [-0.3, -0.25) is 4.79 Å². The Kier molecular flexibility index (Phi) is 5.84. The minimum atomic E-state index is -0.650. The number of nitrogens with one attached hydrogen (secondary N) is 1. The van der Waals surface area contributed by atoms with Crippen LogP contribution < -0.4 is 20.6 Å². The van der Waals surface area contributed by atoms with Crippen LogP contribution in [-0.2, 0) is 17.8 Å². The highest BCUT2D eigenvalue weighted by Gasteiger charge is 2.31. The summed E-state index contributed by atoms with van der Waals surface area (Å²) in [6.07, 6.45) is 0.848. The van der Waals surface area contributed by atoms with E-state index >= 15 is 0 Å². The summed E-state index contributed by atoms with van der Waals surface area (Å²) >= 11 is 0. The molecule has 0 saturated heterocycles. The fourth-order valence-electron chi connectivity index (χ4n) is 3.88. The van der Waals surface area contributed by atoms with Gasteiger partial charge in [-0.15, -0.1) is 0 Å². The molecule has 162 valence electrons. The molecule has 4 rings (SSSR count). The van der Waals surface area contributed by atoms with Crippen LogP contribution >= 0.6 is 0 Å². The second kappa shape index (κ2) is 8.71. The Bertz CT molecular complexity index is 1170. The highest BCUT2D eigenvalue weighted by molar-refractivity contribution is 5.85. The number of aromatic hydroxyl groups is 1. The van der Waals surface area contributed by atoms with Gasteiger partial charge in [0.05, 0.1) is 12.2 Å². The Hall–Kier alpha value is -3.48. The largest absolute Gasteiger partial charge is 0.508 e. The minimum absolute atomic E-state index is 0.111. The second-order valence-corrected chi connectivity index (χ2v) is 7.67. The first-order valence-electron chi connectivity index (χ1n) is 10.6. The highest BCUT2D eigenvalue weighted by atomic mass is 16.5. The average Bonchev–Trinajstić information content (AvgIpc) is 2.76. The van der Waals surface area contributed by atoms with E-state index in [9.17, 15) is 14.7 Å². The number of carbonyl (C=O) groups is 1. The van der Waals surface area contributed by atoms with Gasteiger partial charge in [-0.2, -0.15) is 0 Å². The molecule has 0 radical (unpaired) electrons. The molecule has 0 aliphatic carbocycles. The molecule has 0 spiro atoms. The molecule has 0 bridgehead atoms. The summed E-state index contributed by atoms with van der Waals surface area (Å²) in [5, 5.41) is 13.8. The molecule has 0 unspecified atom stereocenters. The standard InChI is InChI=1S/C24H26N2O5/c1-3-9-25-24(29)22-14-26(18-7-5-6-8-20(18)30-22)13-16-11-23(28)31-21-12-19(27)15(4-2)10-17(16)21/h5-8,10-12,22,27H,3-4,9,13-14H2,1-2H3,(H,25,29)/t22-/m1/s1. The predicted molar refractivity (Wildman–Crippen MR) is 119 cm³/mol. The lowest BCUT2D eigenvalue weighted by atomic mass is 10.0. The van der Waals surface area contributed by atoms with E-state index in [0.717, 1.165) is 28.6 Å². The maximum atomic E-state index is 12.6. The average molecular weight is 422 g/mol. The van der Waals surface area contributed by atoms with E-state index in [2.05, 4.69) is 5.32 Å². The second-order valence-electron chi connectivity index (χ2n) is 7.67. The van der Waals surface area contributed by atoms with Gasteiger partial charge in [-0.1, -0.05) is 26.0 Å². The molecule has 0 saturated carbocycles. The molecule has 1 aliphatic rings. The molecule has 1 atom stereocenters. The zero-order valence-electron chi connectivity index (χ0n) is 17.7. The molecule has 7 heteroatoms. The van der Waals surface area contributed by atoms with Gasteiger partial charge in [0.2, 0.25) is 0 Å². The van der Waals surface area contributed by atoms with Crippen molar-refractivity contribution in [3.63, 3.8) is 0 Å². The molecule has 1 aromatic heterocycles. The van der Waals surface area contributed by atoms with Crippen LogP contribution in [0.3, 0.4) is 0 Å². The van der Waals surface area contributed by atoms with Gasteiger partial charge in [0.15, 0.2) is 6.10 Å². The molecular formula is C24H26N2O5. The predicted octanol–water partition coefficient (Wildman–Crippen LogP) is 3.35. The van der Waals surface area contributed by atoms with Gasteiger partial charge in [-0.25, -0.2) is 4.79 Å². The third-order valence-electron chi connectivity index (χ3n) is 5.47. The fourth-order valence-corrected chi connectivity index (χ4v) is 3.88. The smallest absolute Gasteiger partial charge is 0.336 e. The van der Waals surface area contributed by atoms with Crippen LogP contribution in [0.4, 0.5) is 5.69 Å². The van der Waals surface area contributed by atoms with Gasteiger partial charge in [-0.05, 0) is 42.2 Å². The Morgan fingerprint density at radius 1 is 1.19 bits per heavy atom. The van der Waals surface area contributed by atoms with E-state index in [4.69, 9.17) is 9.15 Å². The Balaban J connectivity index is 1.73. The van der Waals surface area contributed by atoms with E-state index in [-0.39, 0.29) is 11.7 Å². The molecule has 2 aromatic carbocycles. The number of para-hydroxylation sites is 2. The normalized spacial score (nSPS) is 15.4. The lowest BCUT2D eigenvalue weighted by Gasteiger charge is -2.35. The molecule has 31 heavy (non-hydrogen) atoms. The summed E-state index contributed by atoms with van der Waals surface area (Å²) in [6.45, 7) is 5.30. The Morgan fingerprint density at radius 2 is 2.00 bits per heavy atom. The Morgan fingerprint density at radius 3 is 2.77 bits per heavy atom. The minimum Gasteiger partial charge on any atom is -0.508 e. The van der Waals surface area contributed by atoms with E-state index in [1.165, 1.54) is 12.1 Å². The molecule has 2 N–H and O–H groups in total. The van der Waals surface area contributed by atoms with E-state index in [1.807, 2.05) is 49.1 Å². The van der Waals surface area contributed by atoms with Crippen molar-refractivity contribution in [2.24, 2.45) is 0 Å². The van der Waals surface area contributed by atoms with Gasteiger partial charge in [0.25, 0.3) is 5.91 Å². The van der Waals surface area contributed by atoms with Crippen molar-refractivity contribution >= 4 is 22.6 Å². The number of anilines is 1. The zero-order chi connectivity index (χ0) is 22.0. The molecule has 0 fully saturated rings. The number of aryl methyl sites for hydroxylation is 1. The Labute approximate surface area is 180 Å². The molecule has 7 nitrogen and oxygen atoms in total. The van der Waals surface area contributed by atoms with Crippen LogP contribution in [0, 0.1) is 0 Å². The van der Waals surface area contributed by atoms with Crippen LogP contribution in [-0.4, -0.2) is 30.2 Å². The summed E-state index contributed by atoms with van der Waals surface area (Å²) in [5.41, 5.74) is 2.27. The first-order chi connectivity index (χ1) is 15.0. The number of hydrogen-bond donors (Lipinski definition) is 2. The van der Waals surface area contributed by atoms with Crippen molar-refractivity contribution in [1.29, 1.82) is 0 Å². The monoisotopic (exact) mass is 422 g/mol. The van der Waals surface area contributed by atoms with Gasteiger partial charge in [0.1, 0.15) is 17.1 Å². The summed E-state index contributed by atoms with van der Waals surface area (Å²) in [4.78, 5) is 26.8. The van der Waals surface area contributed by atoms with Crippen LogP contribution in [0.1, 0.15) is 31.4 Å². The van der Waals surface area contributed by atoms with E-state index in [1.54, 1.807) is 0 Å². The number of amides is 1. The van der Waals surface area contributed by atoms with Crippen molar-refractivity contribution in [3.8, 4) is 11.5 Å².